The molecule has 0 bridgehead atoms. The molecule has 0 aromatic carbocycles. The topological polar surface area (TPSA) is 0 Å². The van der Waals surface area contributed by atoms with Crippen molar-refractivity contribution in [2.45, 2.75) is 19.9 Å². The monoisotopic (exact) mass is 314 g/mol. The standard InChI is InChI=1S/CF3Se.3CH3.Sn/c2-1(3,4)5;;;;/h;3*1H3;. The second-order valence-electron chi connectivity index (χ2n) is 1.95. The second-order valence-corrected chi connectivity index (χ2v) is 11.5. The fourth-order valence-corrected chi connectivity index (χ4v) is 0. The molecule has 0 aliphatic rings. The molecule has 0 spiro atoms. The van der Waals surface area contributed by atoms with Crippen LogP contribution in [0.1, 0.15) is 0 Å². The zero-order valence-corrected chi connectivity index (χ0v) is 10.1. The third-order valence-corrected chi connectivity index (χ3v) is 0. The molecule has 0 N–H and O–H groups in total. The molecule has 0 rings (SSSR count). The Balaban J connectivity index is 0. The van der Waals surface area contributed by atoms with Crippen molar-refractivity contribution in [2.75, 3.05) is 0 Å². The Morgan fingerprint density at radius 2 is 1.11 bits per heavy atom. The molecule has 0 aliphatic heterocycles. The zero-order valence-electron chi connectivity index (χ0n) is 5.54. The molecule has 2 radical (unpaired) electrons. The second kappa shape index (κ2) is 5.86. The minimum atomic E-state index is -4.12. The van der Waals surface area contributed by atoms with Crippen molar-refractivity contribution in [3.63, 3.8) is 0 Å². The summed E-state index contributed by atoms with van der Waals surface area (Å²) in [6.07, 6.45) is 0. The van der Waals surface area contributed by atoms with E-state index in [1.165, 1.54) is 0 Å². The van der Waals surface area contributed by atoms with Crippen LogP contribution in [0.5, 0.6) is 0 Å². The maximum atomic E-state index is 10.3. The van der Waals surface area contributed by atoms with E-state index in [0.29, 0.717) is 0 Å². The van der Waals surface area contributed by atoms with Gasteiger partial charge in [-0.2, -0.15) is 0 Å². The van der Waals surface area contributed by atoms with E-state index in [-0.39, 0.29) is 0 Å². The molecule has 0 unspecified atom stereocenters. The fourth-order valence-electron chi connectivity index (χ4n) is 0. The molecule has 0 heterocycles. The molecule has 56 valence electrons. The van der Waals surface area contributed by atoms with Gasteiger partial charge in [-0.1, -0.05) is 0 Å². The maximum absolute atomic E-state index is 10.3. The summed E-state index contributed by atoms with van der Waals surface area (Å²) < 4.78 is 30.9. The van der Waals surface area contributed by atoms with E-state index in [1.807, 2.05) is 0 Å². The van der Waals surface area contributed by atoms with Crippen LogP contribution >= 0.6 is 0 Å². The van der Waals surface area contributed by atoms with Crippen molar-refractivity contribution in [3.05, 3.63) is 0 Å². The summed E-state index contributed by atoms with van der Waals surface area (Å²) in [7, 11) is 0. The Kier molecular flexibility index (Phi) is 8.31. The van der Waals surface area contributed by atoms with Gasteiger partial charge >= 0.3 is 68.8 Å². The van der Waals surface area contributed by atoms with E-state index in [0.717, 1.165) is 16.0 Å². The summed E-state index contributed by atoms with van der Waals surface area (Å²) in [6.45, 7) is 0. The molecule has 0 atom stereocenters. The van der Waals surface area contributed by atoms with Gasteiger partial charge in [0.15, 0.2) is 0 Å². The van der Waals surface area contributed by atoms with Crippen LogP contribution in [0, 0.1) is 0 Å². The van der Waals surface area contributed by atoms with Gasteiger partial charge < -0.3 is 0 Å². The Labute approximate surface area is 68.8 Å². The third-order valence-electron chi connectivity index (χ3n) is 0. The van der Waals surface area contributed by atoms with Gasteiger partial charge in [0.05, 0.1) is 0 Å². The SMILES string of the molecule is FC(F)(F)[Se].[CH3][Sn]([CH3])[CH3]. The van der Waals surface area contributed by atoms with E-state index in [2.05, 4.69) is 14.8 Å². The molecule has 0 nitrogen and oxygen atoms in total. The van der Waals surface area contributed by atoms with Gasteiger partial charge in [-0.3, -0.25) is 0 Å². The van der Waals surface area contributed by atoms with Crippen LogP contribution in [0.4, 0.5) is 13.2 Å². The van der Waals surface area contributed by atoms with Crippen molar-refractivity contribution in [1.82, 2.24) is 0 Å². The number of rotatable bonds is 0. The van der Waals surface area contributed by atoms with E-state index in [9.17, 15) is 13.2 Å². The van der Waals surface area contributed by atoms with Gasteiger partial charge in [-0.15, -0.1) is 0 Å². The van der Waals surface area contributed by atoms with Crippen LogP contribution in [-0.2, 0) is 0 Å². The van der Waals surface area contributed by atoms with E-state index in [1.54, 1.807) is 0 Å². The first kappa shape index (κ1) is 12.8. The van der Waals surface area contributed by atoms with E-state index in [4.69, 9.17) is 0 Å². The number of hydrogen-bond donors (Lipinski definition) is 0. The normalized spacial score (nSPS) is 10.7. The quantitative estimate of drug-likeness (QED) is 0.601. The van der Waals surface area contributed by atoms with Crippen LogP contribution in [-0.4, -0.2) is 40.8 Å². The first-order valence-corrected chi connectivity index (χ1v) is 11.7. The summed E-state index contributed by atoms with van der Waals surface area (Å²) in [5.41, 5.74) is 0. The van der Waals surface area contributed by atoms with E-state index < -0.39 is 24.8 Å². The van der Waals surface area contributed by atoms with Gasteiger partial charge in [-0.05, 0) is 0 Å². The van der Waals surface area contributed by atoms with Gasteiger partial charge in [0.2, 0.25) is 0 Å². The summed E-state index contributed by atoms with van der Waals surface area (Å²) in [6, 6.07) is 0. The minimum absolute atomic E-state index is 0.543. The zero-order chi connectivity index (χ0) is 8.08. The molecule has 5 heteroatoms. The average Bonchev–Trinajstić information content (AvgIpc) is 1.19. The fraction of sp³-hybridized carbons (Fsp3) is 1.00. The molecule has 0 aliphatic carbocycles. The predicted octanol–water partition coefficient (Wildman–Crippen LogP) is 2.05. The van der Waals surface area contributed by atoms with Crippen molar-refractivity contribution in [3.8, 4) is 0 Å². The number of alkyl halides is 3. The Hall–Kier alpha value is 1.11. The molecule has 0 aromatic heterocycles. The number of halogens is 3. The third kappa shape index (κ3) is 375. The van der Waals surface area contributed by atoms with Crippen LogP contribution in [0.15, 0.2) is 0 Å². The van der Waals surface area contributed by atoms with Gasteiger partial charge in [0.1, 0.15) is 0 Å². The average molecular weight is 312 g/mol. The van der Waals surface area contributed by atoms with Crippen LogP contribution < -0.4 is 0 Å². The molecular formula is C4H9F3SeSn. The predicted molar refractivity (Wildman–Crippen MR) is 35.2 cm³/mol. The first-order chi connectivity index (χ1) is 3.73. The van der Waals surface area contributed by atoms with E-state index >= 15 is 0 Å². The molecule has 0 aromatic rings. The Bertz CT molecular complexity index is 52.6. The molecule has 0 saturated carbocycles. The van der Waals surface area contributed by atoms with Gasteiger partial charge in [-0.25, -0.2) is 0 Å². The summed E-state index contributed by atoms with van der Waals surface area (Å²) in [5, 5.41) is -4.12. The van der Waals surface area contributed by atoms with Gasteiger partial charge in [0, 0.05) is 0 Å². The van der Waals surface area contributed by atoms with Crippen molar-refractivity contribution in [1.29, 1.82) is 0 Å². The first-order valence-electron chi connectivity index (χ1n) is 2.27. The molecular weight excluding hydrogens is 303 g/mol. The molecule has 9 heavy (non-hydrogen) atoms. The van der Waals surface area contributed by atoms with Crippen LogP contribution in [0.25, 0.3) is 0 Å². The molecule has 0 fully saturated rings. The van der Waals surface area contributed by atoms with Crippen molar-refractivity contribution >= 4 is 35.8 Å². The van der Waals surface area contributed by atoms with Gasteiger partial charge in [0.25, 0.3) is 0 Å². The Morgan fingerprint density at radius 3 is 1.11 bits per heavy atom. The summed E-state index contributed by atoms with van der Waals surface area (Å²) in [4.78, 5) is 7.09. The van der Waals surface area contributed by atoms with Crippen LogP contribution in [0.3, 0.4) is 0 Å². The summed E-state index contributed by atoms with van der Waals surface area (Å²) in [5.74, 6) is 0. The van der Waals surface area contributed by atoms with Crippen molar-refractivity contribution in [2.24, 2.45) is 0 Å². The summed E-state index contributed by atoms with van der Waals surface area (Å²) >= 11 is 0.436. The van der Waals surface area contributed by atoms with Crippen LogP contribution in [0.2, 0.25) is 14.8 Å². The van der Waals surface area contributed by atoms with Crippen molar-refractivity contribution < 1.29 is 13.2 Å². The molecule has 0 amide bonds. The molecule has 0 saturated heterocycles. The Morgan fingerprint density at radius 1 is 1.11 bits per heavy atom. The number of hydrogen-bond acceptors (Lipinski definition) is 0.